The van der Waals surface area contributed by atoms with E-state index < -0.39 is 34.6 Å². The Morgan fingerprint density at radius 1 is 1.07 bits per heavy atom. The van der Waals surface area contributed by atoms with Gasteiger partial charge in [-0.2, -0.15) is 18.3 Å². The molecule has 1 aromatic heterocycles. The van der Waals surface area contributed by atoms with Crippen LogP contribution in [0.5, 0.6) is 0 Å². The SMILES string of the molecule is CS(=O)(=O)Nc1ccc(Cc2ncn(C3CCN(CCC(NC(=O)CC(F)(F)F)c4ccccc4)CC3)n2)cc1. The summed E-state index contributed by atoms with van der Waals surface area (Å²) in [4.78, 5) is 18.7. The number of carbonyl (C=O) groups excluding carboxylic acids is 1. The number of piperidine rings is 1. The lowest BCUT2D eigenvalue weighted by Crippen LogP contribution is -2.38. The molecule has 3 aromatic rings. The maximum absolute atomic E-state index is 12.7. The van der Waals surface area contributed by atoms with Crippen LogP contribution in [0.2, 0.25) is 0 Å². The number of hydrogen-bond acceptors (Lipinski definition) is 6. The van der Waals surface area contributed by atoms with Crippen LogP contribution in [0.15, 0.2) is 60.9 Å². The average Bonchev–Trinajstić information content (AvgIpc) is 3.35. The molecule has 0 aliphatic carbocycles. The lowest BCUT2D eigenvalue weighted by molar-refractivity contribution is -0.154. The summed E-state index contributed by atoms with van der Waals surface area (Å²) in [6, 6.07) is 15.8. The zero-order valence-electron chi connectivity index (χ0n) is 22.1. The number of nitrogens with zero attached hydrogens (tertiary/aromatic N) is 4. The third kappa shape index (κ3) is 9.33. The van der Waals surface area contributed by atoms with Crippen molar-refractivity contribution >= 4 is 21.6 Å². The fraction of sp³-hybridized carbons (Fsp3) is 0.444. The van der Waals surface area contributed by atoms with Crippen molar-refractivity contribution in [1.29, 1.82) is 0 Å². The molecule has 2 aromatic carbocycles. The molecule has 1 saturated heterocycles. The molecule has 1 fully saturated rings. The molecule has 0 saturated carbocycles. The van der Waals surface area contributed by atoms with Gasteiger partial charge in [-0.15, -0.1) is 0 Å². The zero-order chi connectivity index (χ0) is 28.8. The molecule has 9 nitrogen and oxygen atoms in total. The maximum Gasteiger partial charge on any atom is 0.397 e. The molecule has 4 rings (SSSR count). The Kier molecular flexibility index (Phi) is 9.46. The summed E-state index contributed by atoms with van der Waals surface area (Å²) in [6.45, 7) is 2.24. The van der Waals surface area contributed by atoms with Gasteiger partial charge in [-0.3, -0.25) is 9.52 Å². The third-order valence-corrected chi connectivity index (χ3v) is 7.35. The maximum atomic E-state index is 12.7. The van der Waals surface area contributed by atoms with E-state index >= 15 is 0 Å². The van der Waals surface area contributed by atoms with Crippen molar-refractivity contribution in [2.24, 2.45) is 0 Å². The fourth-order valence-corrected chi connectivity index (χ4v) is 5.37. The standard InChI is InChI=1S/C27H33F3N6O3S/c1-40(38,39)34-22-9-7-20(8-10-22)17-25-31-19-36(33-25)23-11-14-35(15-12-23)16-13-24(21-5-3-2-4-6-21)32-26(37)18-27(28,29)30/h2-10,19,23-24,34H,11-18H2,1H3,(H,32,37). The van der Waals surface area contributed by atoms with Gasteiger partial charge in [0, 0.05) is 31.7 Å². The van der Waals surface area contributed by atoms with Gasteiger partial charge in [-0.25, -0.2) is 18.1 Å². The van der Waals surface area contributed by atoms with Gasteiger partial charge in [0.1, 0.15) is 12.7 Å². The van der Waals surface area contributed by atoms with Crippen molar-refractivity contribution in [2.75, 3.05) is 30.6 Å². The number of alkyl halides is 3. The second-order valence-electron chi connectivity index (χ2n) is 10.1. The highest BCUT2D eigenvalue weighted by atomic mass is 32.2. The van der Waals surface area contributed by atoms with E-state index in [1.54, 1.807) is 30.6 Å². The van der Waals surface area contributed by atoms with Crippen molar-refractivity contribution < 1.29 is 26.4 Å². The molecule has 40 heavy (non-hydrogen) atoms. The van der Waals surface area contributed by atoms with Crippen LogP contribution < -0.4 is 10.0 Å². The molecule has 1 atom stereocenters. The lowest BCUT2D eigenvalue weighted by Gasteiger charge is -2.33. The number of halogens is 3. The average molecular weight is 579 g/mol. The van der Waals surface area contributed by atoms with Gasteiger partial charge in [-0.1, -0.05) is 42.5 Å². The predicted molar refractivity (Wildman–Crippen MR) is 145 cm³/mol. The van der Waals surface area contributed by atoms with Gasteiger partial charge < -0.3 is 10.2 Å². The van der Waals surface area contributed by atoms with Crippen LogP contribution in [0.1, 0.15) is 54.7 Å². The molecule has 1 aliphatic rings. The Morgan fingerprint density at radius 2 is 1.75 bits per heavy atom. The summed E-state index contributed by atoms with van der Waals surface area (Å²) in [5, 5.41) is 7.21. The minimum absolute atomic E-state index is 0.190. The normalized spacial score (nSPS) is 16.0. The monoisotopic (exact) mass is 578 g/mol. The smallest absolute Gasteiger partial charge is 0.349 e. The topological polar surface area (TPSA) is 109 Å². The zero-order valence-corrected chi connectivity index (χ0v) is 23.0. The minimum atomic E-state index is -4.55. The highest BCUT2D eigenvalue weighted by Gasteiger charge is 2.32. The van der Waals surface area contributed by atoms with Gasteiger partial charge in [0.15, 0.2) is 5.82 Å². The number of hydrogen-bond donors (Lipinski definition) is 2. The van der Waals surface area contributed by atoms with E-state index in [4.69, 9.17) is 0 Å². The van der Waals surface area contributed by atoms with E-state index in [0.717, 1.165) is 43.3 Å². The quantitative estimate of drug-likeness (QED) is 0.355. The van der Waals surface area contributed by atoms with Crippen LogP contribution in [0.4, 0.5) is 18.9 Å². The van der Waals surface area contributed by atoms with E-state index in [2.05, 4.69) is 25.0 Å². The second kappa shape index (κ2) is 12.8. The number of rotatable bonds is 11. The van der Waals surface area contributed by atoms with Gasteiger partial charge in [0.05, 0.1) is 18.3 Å². The van der Waals surface area contributed by atoms with Crippen molar-refractivity contribution in [1.82, 2.24) is 25.0 Å². The second-order valence-corrected chi connectivity index (χ2v) is 11.8. The number of sulfonamides is 1. The summed E-state index contributed by atoms with van der Waals surface area (Å²) >= 11 is 0. The van der Waals surface area contributed by atoms with Crippen LogP contribution in [0.3, 0.4) is 0 Å². The number of anilines is 1. The number of benzene rings is 2. The summed E-state index contributed by atoms with van der Waals surface area (Å²) in [5.74, 6) is -0.352. The first kappa shape index (κ1) is 29.5. The summed E-state index contributed by atoms with van der Waals surface area (Å²) in [6.07, 6.45) is -0.473. The van der Waals surface area contributed by atoms with E-state index in [-0.39, 0.29) is 6.04 Å². The molecule has 13 heteroatoms. The molecule has 0 bridgehead atoms. The summed E-state index contributed by atoms with van der Waals surface area (Å²) in [5.41, 5.74) is 2.24. The van der Waals surface area contributed by atoms with E-state index in [1.165, 1.54) is 0 Å². The van der Waals surface area contributed by atoms with Crippen molar-refractivity contribution in [3.8, 4) is 0 Å². The first-order chi connectivity index (χ1) is 18.9. The molecule has 216 valence electrons. The van der Waals surface area contributed by atoms with Crippen molar-refractivity contribution in [2.45, 2.75) is 50.4 Å². The number of amides is 1. The van der Waals surface area contributed by atoms with Crippen LogP contribution in [-0.2, 0) is 21.2 Å². The van der Waals surface area contributed by atoms with E-state index in [1.807, 2.05) is 35.0 Å². The predicted octanol–water partition coefficient (Wildman–Crippen LogP) is 4.08. The Hall–Kier alpha value is -3.45. The minimum Gasteiger partial charge on any atom is -0.349 e. The highest BCUT2D eigenvalue weighted by Crippen LogP contribution is 2.25. The molecule has 1 unspecified atom stereocenters. The van der Waals surface area contributed by atoms with Crippen LogP contribution in [0.25, 0.3) is 0 Å². The Labute approximate surface area is 231 Å². The molecule has 0 spiro atoms. The van der Waals surface area contributed by atoms with E-state index in [0.29, 0.717) is 30.9 Å². The Bertz CT molecular complexity index is 1360. The Morgan fingerprint density at radius 3 is 2.38 bits per heavy atom. The largest absolute Gasteiger partial charge is 0.397 e. The molecule has 1 aliphatic heterocycles. The van der Waals surface area contributed by atoms with Crippen LogP contribution in [-0.4, -0.2) is 66.1 Å². The fourth-order valence-electron chi connectivity index (χ4n) is 4.81. The number of aromatic nitrogens is 3. The number of nitrogens with one attached hydrogen (secondary N) is 2. The third-order valence-electron chi connectivity index (χ3n) is 6.74. The number of likely N-dealkylation sites (tertiary alicyclic amines) is 1. The van der Waals surface area contributed by atoms with Crippen molar-refractivity contribution in [3.05, 3.63) is 77.9 Å². The summed E-state index contributed by atoms with van der Waals surface area (Å²) in [7, 11) is -3.33. The Balaban J connectivity index is 1.27. The molecule has 2 heterocycles. The van der Waals surface area contributed by atoms with Crippen LogP contribution in [0, 0.1) is 0 Å². The van der Waals surface area contributed by atoms with Gasteiger partial charge in [-0.05, 0) is 42.5 Å². The van der Waals surface area contributed by atoms with E-state index in [9.17, 15) is 26.4 Å². The molecular formula is C27H33F3N6O3S. The van der Waals surface area contributed by atoms with Gasteiger partial charge >= 0.3 is 6.18 Å². The van der Waals surface area contributed by atoms with Gasteiger partial charge in [0.2, 0.25) is 15.9 Å². The molecule has 0 radical (unpaired) electrons. The van der Waals surface area contributed by atoms with Crippen LogP contribution >= 0.6 is 0 Å². The van der Waals surface area contributed by atoms with Gasteiger partial charge in [0.25, 0.3) is 0 Å². The first-order valence-electron chi connectivity index (χ1n) is 13.0. The molecule has 1 amide bonds. The first-order valence-corrected chi connectivity index (χ1v) is 14.9. The lowest BCUT2D eigenvalue weighted by atomic mass is 10.0. The van der Waals surface area contributed by atoms with Crippen molar-refractivity contribution in [3.63, 3.8) is 0 Å². The number of carbonyl (C=O) groups is 1. The molecule has 2 N–H and O–H groups in total. The summed E-state index contributed by atoms with van der Waals surface area (Å²) < 4.78 is 65.1. The molecular weight excluding hydrogens is 545 g/mol. The highest BCUT2D eigenvalue weighted by molar-refractivity contribution is 7.92.